The van der Waals surface area contributed by atoms with Crippen LogP contribution in [0, 0.1) is 0 Å². The van der Waals surface area contributed by atoms with Crippen LogP contribution in [-0.2, 0) is 21.4 Å². The van der Waals surface area contributed by atoms with Crippen molar-refractivity contribution in [3.63, 3.8) is 0 Å². The minimum atomic E-state index is -3.47. The van der Waals surface area contributed by atoms with Gasteiger partial charge in [-0.3, -0.25) is 4.79 Å². The van der Waals surface area contributed by atoms with Gasteiger partial charge in [-0.1, -0.05) is 37.6 Å². The normalized spacial score (nSPS) is 12.8. The monoisotopic (exact) mass is 440 g/mol. The van der Waals surface area contributed by atoms with E-state index in [1.165, 1.54) is 16.1 Å². The number of halogens is 1. The van der Waals surface area contributed by atoms with E-state index in [2.05, 4.69) is 5.32 Å². The lowest BCUT2D eigenvalue weighted by atomic mass is 10.2. The van der Waals surface area contributed by atoms with Crippen LogP contribution in [0.25, 0.3) is 0 Å². The van der Waals surface area contributed by atoms with Crippen LogP contribution in [0.5, 0.6) is 0 Å². The minimum Gasteiger partial charge on any atom is -0.351 e. The van der Waals surface area contributed by atoms with Crippen molar-refractivity contribution in [3.05, 3.63) is 59.1 Å². The second-order valence-electron chi connectivity index (χ2n) is 6.17. The van der Waals surface area contributed by atoms with Crippen LogP contribution in [0.15, 0.2) is 58.3 Å². The van der Waals surface area contributed by atoms with Gasteiger partial charge in [0.1, 0.15) is 0 Å². The van der Waals surface area contributed by atoms with Gasteiger partial charge in [-0.2, -0.15) is 4.31 Å². The van der Waals surface area contributed by atoms with Crippen molar-refractivity contribution in [2.24, 2.45) is 0 Å². The van der Waals surface area contributed by atoms with E-state index >= 15 is 0 Å². The van der Waals surface area contributed by atoms with Gasteiger partial charge in [-0.25, -0.2) is 8.42 Å². The number of hydrogen-bond donors (Lipinski definition) is 1. The number of nitrogens with zero attached hydrogens (tertiary/aromatic N) is 1. The number of carbonyl (C=O) groups is 1. The van der Waals surface area contributed by atoms with Crippen LogP contribution < -0.4 is 5.32 Å². The molecule has 0 fully saturated rings. The Morgan fingerprint density at radius 3 is 2.18 bits per heavy atom. The summed E-state index contributed by atoms with van der Waals surface area (Å²) in [5.41, 5.74) is 0.843. The molecule has 1 N–H and O–H groups in total. The van der Waals surface area contributed by atoms with Gasteiger partial charge in [0.15, 0.2) is 0 Å². The molecule has 0 radical (unpaired) electrons. The Labute approximate surface area is 176 Å². The largest absolute Gasteiger partial charge is 0.351 e. The first-order chi connectivity index (χ1) is 13.3. The first-order valence-corrected chi connectivity index (χ1v) is 11.8. The highest BCUT2D eigenvalue weighted by Gasteiger charge is 2.21. The van der Waals surface area contributed by atoms with Gasteiger partial charge in [-0.15, -0.1) is 11.8 Å². The Balaban J connectivity index is 1.93. The van der Waals surface area contributed by atoms with E-state index in [4.69, 9.17) is 11.6 Å². The number of thioether (sulfide) groups is 1. The molecule has 0 saturated heterocycles. The van der Waals surface area contributed by atoms with Crippen LogP contribution in [-0.4, -0.2) is 37.0 Å². The summed E-state index contributed by atoms with van der Waals surface area (Å²) < 4.78 is 26.4. The molecule has 0 aliphatic rings. The Bertz CT molecular complexity index is 881. The van der Waals surface area contributed by atoms with E-state index in [1.54, 1.807) is 36.4 Å². The number of benzene rings is 2. The predicted octanol–water partition coefficient (Wildman–Crippen LogP) is 4.17. The third kappa shape index (κ3) is 5.98. The van der Waals surface area contributed by atoms with Crippen molar-refractivity contribution < 1.29 is 13.2 Å². The summed E-state index contributed by atoms with van der Waals surface area (Å²) in [4.78, 5) is 13.6. The lowest BCUT2D eigenvalue weighted by Gasteiger charge is -2.18. The zero-order chi connectivity index (χ0) is 20.7. The molecular weight excluding hydrogens is 416 g/mol. The molecule has 0 aliphatic heterocycles. The van der Waals surface area contributed by atoms with Crippen molar-refractivity contribution in [2.75, 3.05) is 13.1 Å². The van der Waals surface area contributed by atoms with Crippen molar-refractivity contribution in [3.8, 4) is 0 Å². The molecule has 1 unspecified atom stereocenters. The van der Waals surface area contributed by atoms with E-state index in [9.17, 15) is 13.2 Å². The molecule has 0 aromatic heterocycles. The number of sulfonamides is 1. The summed E-state index contributed by atoms with van der Waals surface area (Å²) in [5.74, 6) is -0.0835. The molecule has 2 aromatic carbocycles. The van der Waals surface area contributed by atoms with Gasteiger partial charge < -0.3 is 5.32 Å². The summed E-state index contributed by atoms with van der Waals surface area (Å²) in [6, 6.07) is 14.0. The summed E-state index contributed by atoms with van der Waals surface area (Å²) >= 11 is 7.33. The molecule has 5 nitrogen and oxygen atoms in total. The topological polar surface area (TPSA) is 66.5 Å². The van der Waals surface area contributed by atoms with Gasteiger partial charge >= 0.3 is 0 Å². The summed E-state index contributed by atoms with van der Waals surface area (Å²) in [5, 5.41) is 3.29. The highest BCUT2D eigenvalue weighted by Crippen LogP contribution is 2.25. The van der Waals surface area contributed by atoms with Crippen LogP contribution in [0.1, 0.15) is 26.3 Å². The lowest BCUT2D eigenvalue weighted by Crippen LogP contribution is -2.31. The van der Waals surface area contributed by atoms with Crippen molar-refractivity contribution in [1.29, 1.82) is 0 Å². The fourth-order valence-corrected chi connectivity index (χ4v) is 5.07. The third-order valence-corrected chi connectivity index (χ3v) is 7.66. The molecule has 8 heteroatoms. The van der Waals surface area contributed by atoms with E-state index in [0.717, 1.165) is 10.5 Å². The molecule has 152 valence electrons. The number of nitrogens with one attached hydrogen (secondary N) is 1. The van der Waals surface area contributed by atoms with Gasteiger partial charge in [-0.05, 0) is 48.9 Å². The molecule has 0 aliphatic carbocycles. The maximum absolute atomic E-state index is 12.5. The molecule has 0 saturated carbocycles. The molecule has 28 heavy (non-hydrogen) atoms. The third-order valence-electron chi connectivity index (χ3n) is 4.23. The highest BCUT2D eigenvalue weighted by atomic mass is 35.5. The number of amides is 1. The fraction of sp³-hybridized carbons (Fsp3) is 0.350. The Kier molecular flexibility index (Phi) is 8.37. The maximum atomic E-state index is 12.5. The maximum Gasteiger partial charge on any atom is 0.243 e. The highest BCUT2D eigenvalue weighted by molar-refractivity contribution is 8.00. The summed E-state index contributed by atoms with van der Waals surface area (Å²) in [6.45, 7) is 6.67. The minimum absolute atomic E-state index is 0.0835. The van der Waals surface area contributed by atoms with Crippen LogP contribution in [0.2, 0.25) is 5.02 Å². The molecular formula is C20H25ClN2O3S2. The number of carbonyl (C=O) groups excluding carboxylic acids is 1. The average Bonchev–Trinajstić information content (AvgIpc) is 2.69. The SMILES string of the molecule is CCN(CC)S(=O)(=O)c1ccc(CNC(=O)C(C)Sc2ccc(Cl)cc2)cc1. The van der Waals surface area contributed by atoms with Crippen LogP contribution in [0.4, 0.5) is 0 Å². The van der Waals surface area contributed by atoms with Crippen LogP contribution >= 0.6 is 23.4 Å². The second-order valence-corrected chi connectivity index (χ2v) is 9.95. The molecule has 1 amide bonds. The Morgan fingerprint density at radius 1 is 1.07 bits per heavy atom. The Hall–Kier alpha value is -1.54. The smallest absolute Gasteiger partial charge is 0.243 e. The first kappa shape index (κ1) is 22.7. The van der Waals surface area contributed by atoms with E-state index in [1.807, 2.05) is 32.9 Å². The molecule has 0 bridgehead atoms. The molecule has 2 rings (SSSR count). The fourth-order valence-electron chi connectivity index (χ4n) is 2.60. The van der Waals surface area contributed by atoms with Crippen LogP contribution in [0.3, 0.4) is 0 Å². The number of hydrogen-bond acceptors (Lipinski definition) is 4. The second kappa shape index (κ2) is 10.3. The zero-order valence-electron chi connectivity index (χ0n) is 16.2. The van der Waals surface area contributed by atoms with Gasteiger partial charge in [0.05, 0.1) is 10.1 Å². The molecule has 2 aromatic rings. The van der Waals surface area contributed by atoms with Crippen molar-refractivity contribution in [1.82, 2.24) is 9.62 Å². The summed E-state index contributed by atoms with van der Waals surface area (Å²) in [7, 11) is -3.47. The van der Waals surface area contributed by atoms with Gasteiger partial charge in [0.25, 0.3) is 0 Å². The van der Waals surface area contributed by atoms with Gasteiger partial charge in [0, 0.05) is 29.6 Å². The average molecular weight is 441 g/mol. The molecule has 0 spiro atoms. The Morgan fingerprint density at radius 2 is 1.64 bits per heavy atom. The number of rotatable bonds is 9. The molecule has 0 heterocycles. The van der Waals surface area contributed by atoms with E-state index < -0.39 is 10.0 Å². The van der Waals surface area contributed by atoms with Crippen molar-refractivity contribution >= 4 is 39.3 Å². The predicted molar refractivity (Wildman–Crippen MR) is 115 cm³/mol. The lowest BCUT2D eigenvalue weighted by molar-refractivity contribution is -0.120. The summed E-state index contributed by atoms with van der Waals surface area (Å²) in [6.07, 6.45) is 0. The van der Waals surface area contributed by atoms with Crippen molar-refractivity contribution in [2.45, 2.75) is 42.4 Å². The first-order valence-electron chi connectivity index (χ1n) is 9.07. The van der Waals surface area contributed by atoms with Gasteiger partial charge in [0.2, 0.25) is 15.9 Å². The zero-order valence-corrected chi connectivity index (χ0v) is 18.6. The standard InChI is InChI=1S/C20H25ClN2O3S2/c1-4-23(5-2)28(25,26)19-12-6-16(7-13-19)14-22-20(24)15(3)27-18-10-8-17(21)9-11-18/h6-13,15H,4-5,14H2,1-3H3,(H,22,24). The quantitative estimate of drug-likeness (QED) is 0.594. The van der Waals surface area contributed by atoms with E-state index in [-0.39, 0.29) is 16.1 Å². The van der Waals surface area contributed by atoms with E-state index in [0.29, 0.717) is 24.7 Å². The molecule has 1 atom stereocenters.